The van der Waals surface area contributed by atoms with Gasteiger partial charge >= 0.3 is 0 Å². The molecule has 5 nitrogen and oxygen atoms in total. The molecule has 5 heteroatoms. The van der Waals surface area contributed by atoms with Gasteiger partial charge in [-0.1, -0.05) is 24.0 Å². The van der Waals surface area contributed by atoms with Crippen molar-refractivity contribution in [2.24, 2.45) is 5.92 Å². The monoisotopic (exact) mass is 376 g/mol. The van der Waals surface area contributed by atoms with Gasteiger partial charge in [-0.15, -0.1) is 0 Å². The standard InChI is InChI=1S/C23H24N2O3/c1-27-22-15-19(24-23(26)21-4-2-3-13-28-21)14-20(25-22)18-11-9-17(10-12-18)8-7-16-5-6-16/h9-12,14-16,21H,2-6,13H2,1H3,(H,24,25,26)/t21-/m0/s1. The van der Waals surface area contributed by atoms with E-state index < -0.39 is 0 Å². The number of hydrogen-bond donors (Lipinski definition) is 1. The summed E-state index contributed by atoms with van der Waals surface area (Å²) < 4.78 is 10.9. The number of ether oxygens (including phenoxy) is 2. The van der Waals surface area contributed by atoms with Gasteiger partial charge in [0.2, 0.25) is 5.88 Å². The van der Waals surface area contributed by atoms with E-state index in [0.717, 1.165) is 36.1 Å². The van der Waals surface area contributed by atoms with Gasteiger partial charge in [0.25, 0.3) is 5.91 Å². The van der Waals surface area contributed by atoms with Crippen molar-refractivity contribution in [3.63, 3.8) is 0 Å². The van der Waals surface area contributed by atoms with Crippen molar-refractivity contribution in [3.8, 4) is 29.0 Å². The van der Waals surface area contributed by atoms with E-state index in [1.807, 2.05) is 30.3 Å². The second-order valence-corrected chi connectivity index (χ2v) is 7.25. The largest absolute Gasteiger partial charge is 0.481 e. The van der Waals surface area contributed by atoms with Crippen LogP contribution in [-0.4, -0.2) is 30.7 Å². The molecule has 0 bridgehead atoms. The number of rotatable bonds is 4. The minimum atomic E-state index is -0.388. The lowest BCUT2D eigenvalue weighted by atomic mass is 10.1. The van der Waals surface area contributed by atoms with Crippen LogP contribution in [0, 0.1) is 17.8 Å². The van der Waals surface area contributed by atoms with E-state index in [0.29, 0.717) is 24.1 Å². The summed E-state index contributed by atoms with van der Waals surface area (Å²) in [4.78, 5) is 17.0. The van der Waals surface area contributed by atoms with Gasteiger partial charge in [0.15, 0.2) is 0 Å². The number of anilines is 1. The molecule has 2 aromatic rings. The lowest BCUT2D eigenvalue weighted by molar-refractivity contribution is -0.129. The molecule has 1 N–H and O–H groups in total. The maximum Gasteiger partial charge on any atom is 0.253 e. The SMILES string of the molecule is COc1cc(NC(=O)[C@@H]2CCCCO2)cc(-c2ccc(C#CC3CC3)cc2)n1. The number of hydrogen-bond acceptors (Lipinski definition) is 4. The number of carbonyl (C=O) groups excluding carboxylic acids is 1. The minimum Gasteiger partial charge on any atom is -0.481 e. The van der Waals surface area contributed by atoms with Gasteiger partial charge in [-0.2, -0.15) is 0 Å². The molecule has 0 unspecified atom stereocenters. The first-order valence-electron chi connectivity index (χ1n) is 9.82. The topological polar surface area (TPSA) is 60.5 Å². The van der Waals surface area contributed by atoms with Crippen LogP contribution in [0.15, 0.2) is 36.4 Å². The highest BCUT2D eigenvalue weighted by molar-refractivity contribution is 5.94. The second kappa shape index (κ2) is 8.45. The van der Waals surface area contributed by atoms with Crippen LogP contribution in [0.5, 0.6) is 5.88 Å². The van der Waals surface area contributed by atoms with Gasteiger partial charge in [0.05, 0.1) is 12.8 Å². The van der Waals surface area contributed by atoms with E-state index in [1.54, 1.807) is 13.2 Å². The Morgan fingerprint density at radius 1 is 1.18 bits per heavy atom. The smallest absolute Gasteiger partial charge is 0.253 e. The van der Waals surface area contributed by atoms with Crippen LogP contribution in [0.3, 0.4) is 0 Å². The van der Waals surface area contributed by atoms with Crippen LogP contribution in [0.2, 0.25) is 0 Å². The fourth-order valence-electron chi connectivity index (χ4n) is 3.14. The molecule has 1 amide bonds. The lowest BCUT2D eigenvalue weighted by Gasteiger charge is -2.21. The number of nitrogens with one attached hydrogen (secondary N) is 1. The molecule has 1 aliphatic heterocycles. The Balaban J connectivity index is 1.52. The molecule has 0 spiro atoms. The van der Waals surface area contributed by atoms with E-state index in [1.165, 1.54) is 12.8 Å². The maximum atomic E-state index is 12.5. The molecular weight excluding hydrogens is 352 g/mol. The normalized spacial score (nSPS) is 18.7. The van der Waals surface area contributed by atoms with Crippen LogP contribution >= 0.6 is 0 Å². The Morgan fingerprint density at radius 2 is 2.00 bits per heavy atom. The summed E-state index contributed by atoms with van der Waals surface area (Å²) in [5.74, 6) is 7.40. The summed E-state index contributed by atoms with van der Waals surface area (Å²) in [5, 5.41) is 2.94. The number of pyridine rings is 1. The second-order valence-electron chi connectivity index (χ2n) is 7.25. The highest BCUT2D eigenvalue weighted by atomic mass is 16.5. The van der Waals surface area contributed by atoms with Crippen LogP contribution < -0.4 is 10.1 Å². The Kier molecular flexibility index (Phi) is 5.59. The molecule has 1 saturated heterocycles. The zero-order valence-electron chi connectivity index (χ0n) is 16.0. The molecule has 0 radical (unpaired) electrons. The molecular formula is C23H24N2O3. The van der Waals surface area contributed by atoms with Gasteiger partial charge in [0, 0.05) is 35.4 Å². The molecule has 4 rings (SSSR count). The number of amides is 1. The predicted molar refractivity (Wildman–Crippen MR) is 108 cm³/mol. The zero-order chi connectivity index (χ0) is 19.3. The number of carbonyl (C=O) groups is 1. The maximum absolute atomic E-state index is 12.5. The molecule has 28 heavy (non-hydrogen) atoms. The van der Waals surface area contributed by atoms with Crippen molar-refractivity contribution in [2.45, 2.75) is 38.2 Å². The molecule has 144 valence electrons. The van der Waals surface area contributed by atoms with Crippen LogP contribution in [-0.2, 0) is 9.53 Å². The summed E-state index contributed by atoms with van der Waals surface area (Å²) in [6.45, 7) is 0.638. The fraction of sp³-hybridized carbons (Fsp3) is 0.391. The van der Waals surface area contributed by atoms with E-state index in [2.05, 4.69) is 22.1 Å². The molecule has 1 aromatic heterocycles. The number of aromatic nitrogens is 1. The average Bonchev–Trinajstić information content (AvgIpc) is 3.57. The number of methoxy groups -OCH3 is 1. The first-order chi connectivity index (χ1) is 13.7. The van der Waals surface area contributed by atoms with Gasteiger partial charge in [-0.25, -0.2) is 4.98 Å². The molecule has 1 aliphatic carbocycles. The highest BCUT2D eigenvalue weighted by Crippen LogP contribution is 2.28. The third-order valence-electron chi connectivity index (χ3n) is 4.93. The number of nitrogens with zero attached hydrogens (tertiary/aromatic N) is 1. The summed E-state index contributed by atoms with van der Waals surface area (Å²) in [7, 11) is 1.57. The Morgan fingerprint density at radius 3 is 2.68 bits per heavy atom. The van der Waals surface area contributed by atoms with E-state index in [-0.39, 0.29) is 12.0 Å². The van der Waals surface area contributed by atoms with Crippen LogP contribution in [0.1, 0.15) is 37.7 Å². The summed E-state index contributed by atoms with van der Waals surface area (Å²) >= 11 is 0. The van der Waals surface area contributed by atoms with Gasteiger partial charge in [-0.05, 0) is 50.3 Å². The highest BCUT2D eigenvalue weighted by Gasteiger charge is 2.22. The first kappa shape index (κ1) is 18.5. The summed E-state index contributed by atoms with van der Waals surface area (Å²) in [6, 6.07) is 11.6. The third-order valence-corrected chi connectivity index (χ3v) is 4.93. The lowest BCUT2D eigenvalue weighted by Crippen LogP contribution is -2.33. The van der Waals surface area contributed by atoms with Crippen molar-refractivity contribution in [1.29, 1.82) is 0 Å². The zero-order valence-corrected chi connectivity index (χ0v) is 16.0. The van der Waals surface area contributed by atoms with Crippen molar-refractivity contribution in [2.75, 3.05) is 19.0 Å². The Bertz CT molecular complexity index is 902. The van der Waals surface area contributed by atoms with Crippen molar-refractivity contribution < 1.29 is 14.3 Å². The van der Waals surface area contributed by atoms with Crippen LogP contribution in [0.25, 0.3) is 11.3 Å². The van der Waals surface area contributed by atoms with Crippen molar-refractivity contribution in [3.05, 3.63) is 42.0 Å². The average molecular weight is 376 g/mol. The molecule has 2 aliphatic rings. The number of benzene rings is 1. The summed E-state index contributed by atoms with van der Waals surface area (Å²) in [5.41, 5.74) is 3.33. The Hall–Kier alpha value is -2.84. The first-order valence-corrected chi connectivity index (χ1v) is 9.82. The van der Waals surface area contributed by atoms with E-state index in [4.69, 9.17) is 9.47 Å². The Labute approximate surface area is 165 Å². The van der Waals surface area contributed by atoms with Crippen molar-refractivity contribution in [1.82, 2.24) is 4.98 Å². The van der Waals surface area contributed by atoms with Crippen molar-refractivity contribution >= 4 is 11.6 Å². The van der Waals surface area contributed by atoms with Gasteiger partial charge < -0.3 is 14.8 Å². The molecule has 2 heterocycles. The van der Waals surface area contributed by atoms with Gasteiger partial charge in [0.1, 0.15) is 6.10 Å². The molecule has 1 saturated carbocycles. The molecule has 1 aromatic carbocycles. The van der Waals surface area contributed by atoms with Gasteiger partial charge in [-0.3, -0.25) is 4.79 Å². The summed E-state index contributed by atoms with van der Waals surface area (Å²) in [6.07, 6.45) is 4.83. The quantitative estimate of drug-likeness (QED) is 0.819. The van der Waals surface area contributed by atoms with E-state index >= 15 is 0 Å². The van der Waals surface area contributed by atoms with Crippen LogP contribution in [0.4, 0.5) is 5.69 Å². The predicted octanol–water partition coefficient (Wildman–Crippen LogP) is 4.03. The van der Waals surface area contributed by atoms with E-state index in [9.17, 15) is 4.79 Å². The molecule has 1 atom stereocenters. The molecule has 2 fully saturated rings. The fourth-order valence-corrected chi connectivity index (χ4v) is 3.14. The minimum absolute atomic E-state index is 0.121. The third kappa shape index (κ3) is 4.71.